The van der Waals surface area contributed by atoms with Gasteiger partial charge in [-0.2, -0.15) is 5.10 Å². The van der Waals surface area contributed by atoms with Crippen molar-refractivity contribution in [1.82, 2.24) is 9.78 Å². The molecular formula is C9H12N2O. The van der Waals surface area contributed by atoms with E-state index >= 15 is 0 Å². The number of Topliss-reactive ketones (excluding diaryl/α,β-unsaturated/α-hetero) is 1. The number of ketones is 1. The Balaban J connectivity index is 2.10. The number of nitrogens with zero attached hydrogens (tertiary/aromatic N) is 2. The highest BCUT2D eigenvalue weighted by Gasteiger charge is 2.42. The summed E-state index contributed by atoms with van der Waals surface area (Å²) in [4.78, 5) is 11.0. The first kappa shape index (κ1) is 7.53. The van der Waals surface area contributed by atoms with Crippen LogP contribution in [0.25, 0.3) is 0 Å². The summed E-state index contributed by atoms with van der Waals surface area (Å²) in [5.41, 5.74) is 1.21. The monoisotopic (exact) mass is 164 g/mol. The van der Waals surface area contributed by atoms with E-state index in [9.17, 15) is 4.79 Å². The second-order valence-corrected chi connectivity index (χ2v) is 3.51. The Morgan fingerprint density at radius 1 is 1.75 bits per heavy atom. The van der Waals surface area contributed by atoms with E-state index in [0.717, 1.165) is 6.42 Å². The average molecular weight is 164 g/mol. The van der Waals surface area contributed by atoms with Gasteiger partial charge < -0.3 is 0 Å². The van der Waals surface area contributed by atoms with Crippen LogP contribution in [0.15, 0.2) is 12.4 Å². The molecule has 1 aliphatic carbocycles. The molecule has 1 heterocycles. The Bertz CT molecular complexity index is 316. The van der Waals surface area contributed by atoms with Crippen LogP contribution in [0.3, 0.4) is 0 Å². The molecule has 1 aromatic heterocycles. The van der Waals surface area contributed by atoms with Crippen molar-refractivity contribution >= 4 is 5.78 Å². The predicted octanol–water partition coefficient (Wildman–Crippen LogP) is 1.11. The largest absolute Gasteiger partial charge is 0.300 e. The lowest BCUT2D eigenvalue weighted by Crippen LogP contribution is -1.93. The molecule has 0 spiro atoms. The Hall–Kier alpha value is -1.12. The minimum atomic E-state index is 0.272. The molecule has 2 rings (SSSR count). The molecule has 0 aliphatic heterocycles. The number of hydrogen-bond donors (Lipinski definition) is 0. The van der Waals surface area contributed by atoms with Crippen LogP contribution in [-0.4, -0.2) is 15.6 Å². The van der Waals surface area contributed by atoms with E-state index in [2.05, 4.69) is 5.10 Å². The fourth-order valence-corrected chi connectivity index (χ4v) is 1.64. The number of carbonyl (C=O) groups is 1. The molecule has 2 atom stereocenters. The maximum Gasteiger partial charge on any atom is 0.133 e. The van der Waals surface area contributed by atoms with Crippen molar-refractivity contribution in [2.45, 2.75) is 19.3 Å². The quantitative estimate of drug-likeness (QED) is 0.656. The van der Waals surface area contributed by atoms with Crippen LogP contribution in [0, 0.1) is 5.92 Å². The Labute approximate surface area is 71.4 Å². The zero-order chi connectivity index (χ0) is 8.72. The van der Waals surface area contributed by atoms with Gasteiger partial charge in [0, 0.05) is 19.2 Å². The number of carbonyl (C=O) groups excluding carboxylic acids is 1. The van der Waals surface area contributed by atoms with E-state index in [4.69, 9.17) is 0 Å². The van der Waals surface area contributed by atoms with Gasteiger partial charge >= 0.3 is 0 Å². The van der Waals surface area contributed by atoms with Gasteiger partial charge in [0.15, 0.2) is 0 Å². The van der Waals surface area contributed by atoms with Crippen molar-refractivity contribution in [2.75, 3.05) is 0 Å². The lowest BCUT2D eigenvalue weighted by molar-refractivity contribution is -0.118. The Morgan fingerprint density at radius 2 is 2.50 bits per heavy atom. The topological polar surface area (TPSA) is 34.9 Å². The van der Waals surface area contributed by atoms with E-state index in [0.29, 0.717) is 11.7 Å². The van der Waals surface area contributed by atoms with Gasteiger partial charge in [-0.25, -0.2) is 0 Å². The molecule has 3 nitrogen and oxygen atoms in total. The highest BCUT2D eigenvalue weighted by atomic mass is 16.1. The molecule has 12 heavy (non-hydrogen) atoms. The van der Waals surface area contributed by atoms with E-state index in [1.54, 1.807) is 11.6 Å². The van der Waals surface area contributed by atoms with Crippen molar-refractivity contribution in [2.24, 2.45) is 13.0 Å². The lowest BCUT2D eigenvalue weighted by Gasteiger charge is -1.90. The predicted molar refractivity (Wildman–Crippen MR) is 44.7 cm³/mol. The van der Waals surface area contributed by atoms with Gasteiger partial charge in [-0.15, -0.1) is 0 Å². The van der Waals surface area contributed by atoms with E-state index in [1.807, 2.05) is 19.4 Å². The highest BCUT2D eigenvalue weighted by Crippen LogP contribution is 2.47. The molecule has 1 aromatic rings. The zero-order valence-electron chi connectivity index (χ0n) is 7.32. The summed E-state index contributed by atoms with van der Waals surface area (Å²) in [6.07, 6.45) is 4.86. The molecule has 0 aromatic carbocycles. The summed E-state index contributed by atoms with van der Waals surface area (Å²) in [5.74, 6) is 1.04. The molecule has 1 aliphatic rings. The van der Waals surface area contributed by atoms with E-state index < -0.39 is 0 Å². The summed E-state index contributed by atoms with van der Waals surface area (Å²) >= 11 is 0. The van der Waals surface area contributed by atoms with Gasteiger partial charge in [0.1, 0.15) is 5.78 Å². The summed E-state index contributed by atoms with van der Waals surface area (Å²) in [5, 5.41) is 4.08. The molecule has 0 N–H and O–H groups in total. The molecule has 0 radical (unpaired) electrons. The second-order valence-electron chi connectivity index (χ2n) is 3.51. The van der Waals surface area contributed by atoms with Crippen molar-refractivity contribution in [3.8, 4) is 0 Å². The first-order valence-electron chi connectivity index (χ1n) is 4.17. The van der Waals surface area contributed by atoms with Crippen LogP contribution in [0.5, 0.6) is 0 Å². The lowest BCUT2D eigenvalue weighted by atomic mass is 10.1. The zero-order valence-corrected chi connectivity index (χ0v) is 7.32. The van der Waals surface area contributed by atoms with Crippen molar-refractivity contribution in [3.63, 3.8) is 0 Å². The third-order valence-electron chi connectivity index (χ3n) is 2.47. The van der Waals surface area contributed by atoms with Crippen LogP contribution in [0.1, 0.15) is 24.8 Å². The van der Waals surface area contributed by atoms with Gasteiger partial charge in [0.05, 0.1) is 6.20 Å². The van der Waals surface area contributed by atoms with Gasteiger partial charge in [-0.3, -0.25) is 9.48 Å². The fraction of sp³-hybridized carbons (Fsp3) is 0.556. The fourth-order valence-electron chi connectivity index (χ4n) is 1.64. The molecular weight excluding hydrogens is 152 g/mol. The van der Waals surface area contributed by atoms with Gasteiger partial charge in [0.25, 0.3) is 0 Å². The number of rotatable bonds is 2. The van der Waals surface area contributed by atoms with Crippen molar-refractivity contribution in [3.05, 3.63) is 18.0 Å². The average Bonchev–Trinajstić information content (AvgIpc) is 2.70. The second kappa shape index (κ2) is 2.44. The van der Waals surface area contributed by atoms with Gasteiger partial charge in [-0.1, -0.05) is 0 Å². The maximum absolute atomic E-state index is 11.0. The molecule has 1 saturated carbocycles. The number of aromatic nitrogens is 2. The molecule has 0 amide bonds. The van der Waals surface area contributed by atoms with E-state index in [-0.39, 0.29) is 5.92 Å². The molecule has 64 valence electrons. The van der Waals surface area contributed by atoms with Crippen LogP contribution in [-0.2, 0) is 11.8 Å². The molecule has 3 heteroatoms. The SMILES string of the molecule is CC(=O)C1CC1c1cnn(C)c1. The first-order valence-corrected chi connectivity index (χ1v) is 4.17. The maximum atomic E-state index is 11.0. The Kier molecular flexibility index (Phi) is 1.53. The van der Waals surface area contributed by atoms with Crippen LogP contribution in [0.2, 0.25) is 0 Å². The highest BCUT2D eigenvalue weighted by molar-refractivity contribution is 5.82. The number of aryl methyl sites for hydroxylation is 1. The standard InChI is InChI=1S/C9H12N2O/c1-6(12)8-3-9(8)7-4-10-11(2)5-7/h4-5,8-9H,3H2,1-2H3. The van der Waals surface area contributed by atoms with Gasteiger partial charge in [0.2, 0.25) is 0 Å². The minimum Gasteiger partial charge on any atom is -0.300 e. The summed E-state index contributed by atoms with van der Waals surface area (Å²) in [6, 6.07) is 0. The van der Waals surface area contributed by atoms with Crippen molar-refractivity contribution < 1.29 is 4.79 Å². The minimum absolute atomic E-state index is 0.272. The molecule has 1 fully saturated rings. The Morgan fingerprint density at radius 3 is 2.92 bits per heavy atom. The molecule has 0 saturated heterocycles. The summed E-state index contributed by atoms with van der Waals surface area (Å²) in [6.45, 7) is 1.67. The van der Waals surface area contributed by atoms with Crippen LogP contribution < -0.4 is 0 Å². The van der Waals surface area contributed by atoms with Crippen LogP contribution in [0.4, 0.5) is 0 Å². The van der Waals surface area contributed by atoms with Crippen molar-refractivity contribution in [1.29, 1.82) is 0 Å². The van der Waals surface area contributed by atoms with Gasteiger partial charge in [-0.05, 0) is 24.8 Å². The smallest absolute Gasteiger partial charge is 0.133 e. The summed E-state index contributed by atoms with van der Waals surface area (Å²) < 4.78 is 1.78. The van der Waals surface area contributed by atoms with E-state index in [1.165, 1.54) is 5.56 Å². The first-order chi connectivity index (χ1) is 5.68. The molecule has 0 bridgehead atoms. The van der Waals surface area contributed by atoms with Crippen LogP contribution >= 0.6 is 0 Å². The summed E-state index contributed by atoms with van der Waals surface area (Å²) in [7, 11) is 1.90. The normalized spacial score (nSPS) is 27.2. The number of hydrogen-bond acceptors (Lipinski definition) is 2. The third kappa shape index (κ3) is 1.15. The molecule has 2 unspecified atom stereocenters. The third-order valence-corrected chi connectivity index (χ3v) is 2.47.